The normalized spacial score (nSPS) is 22.1. The van der Waals surface area contributed by atoms with Crippen LogP contribution < -0.4 is 10.6 Å². The molecule has 2 rings (SSSR count). The van der Waals surface area contributed by atoms with Gasteiger partial charge in [-0.15, -0.1) is 10.2 Å². The largest absolute Gasteiger partial charge is 0.356 e. The van der Waals surface area contributed by atoms with E-state index in [-0.39, 0.29) is 0 Å². The molecule has 0 aromatic carbocycles. The van der Waals surface area contributed by atoms with Crippen LogP contribution >= 0.6 is 0 Å². The number of rotatable bonds is 8. The molecule has 1 aromatic heterocycles. The van der Waals surface area contributed by atoms with Crippen LogP contribution in [0.25, 0.3) is 0 Å². The van der Waals surface area contributed by atoms with E-state index in [1.165, 1.54) is 38.5 Å². The van der Waals surface area contributed by atoms with Crippen LogP contribution in [0, 0.1) is 5.92 Å². The zero-order valence-corrected chi connectivity index (χ0v) is 14.7. The van der Waals surface area contributed by atoms with Crippen molar-refractivity contribution in [2.75, 3.05) is 13.6 Å². The smallest absolute Gasteiger partial charge is 0.191 e. The summed E-state index contributed by atoms with van der Waals surface area (Å²) < 4.78 is 2.02. The molecule has 0 unspecified atom stereocenters. The Morgan fingerprint density at radius 2 is 1.91 bits per heavy atom. The van der Waals surface area contributed by atoms with E-state index >= 15 is 0 Å². The second-order valence-electron chi connectivity index (χ2n) is 6.56. The molecule has 6 heteroatoms. The van der Waals surface area contributed by atoms with Gasteiger partial charge in [0.25, 0.3) is 0 Å². The highest BCUT2D eigenvalue weighted by Crippen LogP contribution is 2.27. The first-order valence-corrected chi connectivity index (χ1v) is 9.11. The average Bonchev–Trinajstić information content (AvgIpc) is 3.09. The maximum atomic E-state index is 4.35. The highest BCUT2D eigenvalue weighted by molar-refractivity contribution is 5.79. The highest BCUT2D eigenvalue weighted by Gasteiger charge is 2.20. The zero-order valence-electron chi connectivity index (χ0n) is 14.7. The van der Waals surface area contributed by atoms with Crippen LogP contribution in [0.2, 0.25) is 0 Å². The molecule has 1 saturated carbocycles. The lowest BCUT2D eigenvalue weighted by Crippen LogP contribution is -2.45. The predicted octanol–water partition coefficient (Wildman–Crippen LogP) is 2.58. The van der Waals surface area contributed by atoms with Gasteiger partial charge >= 0.3 is 0 Å². The highest BCUT2D eigenvalue weighted by atomic mass is 15.2. The minimum absolute atomic E-state index is 0.589. The molecule has 0 spiro atoms. The molecule has 23 heavy (non-hydrogen) atoms. The van der Waals surface area contributed by atoms with Gasteiger partial charge in [-0.05, 0) is 44.4 Å². The van der Waals surface area contributed by atoms with E-state index in [2.05, 4.69) is 32.7 Å². The van der Waals surface area contributed by atoms with Crippen molar-refractivity contribution in [2.45, 2.75) is 70.9 Å². The maximum absolute atomic E-state index is 4.35. The Bertz CT molecular complexity index is 434. The summed E-state index contributed by atoms with van der Waals surface area (Å²) >= 11 is 0. The molecule has 0 aliphatic heterocycles. The van der Waals surface area contributed by atoms with E-state index in [4.69, 9.17) is 0 Å². The summed E-state index contributed by atoms with van der Waals surface area (Å²) in [6, 6.07) is 0.589. The van der Waals surface area contributed by atoms with E-state index < -0.39 is 0 Å². The summed E-state index contributed by atoms with van der Waals surface area (Å²) in [4.78, 5) is 4.35. The van der Waals surface area contributed by atoms with Crippen LogP contribution in [-0.2, 0) is 6.54 Å². The Morgan fingerprint density at radius 3 is 2.57 bits per heavy atom. The zero-order chi connectivity index (χ0) is 16.3. The predicted molar refractivity (Wildman–Crippen MR) is 94.4 cm³/mol. The van der Waals surface area contributed by atoms with Gasteiger partial charge < -0.3 is 15.2 Å². The molecule has 0 amide bonds. The molecule has 0 radical (unpaired) electrons. The molecule has 1 aromatic rings. The quantitative estimate of drug-likeness (QED) is 0.439. The molecule has 1 aliphatic carbocycles. The number of aromatic nitrogens is 3. The third-order valence-electron chi connectivity index (χ3n) is 4.71. The van der Waals surface area contributed by atoms with E-state index in [1.54, 1.807) is 12.7 Å². The van der Waals surface area contributed by atoms with Crippen LogP contribution in [0.3, 0.4) is 0 Å². The van der Waals surface area contributed by atoms with Crippen molar-refractivity contribution in [2.24, 2.45) is 10.9 Å². The molecule has 6 nitrogen and oxygen atoms in total. The number of aryl methyl sites for hydroxylation is 1. The van der Waals surface area contributed by atoms with Gasteiger partial charge in [0.15, 0.2) is 5.96 Å². The summed E-state index contributed by atoms with van der Waals surface area (Å²) in [6.07, 6.45) is 13.8. The van der Waals surface area contributed by atoms with Gasteiger partial charge in [-0.2, -0.15) is 0 Å². The fraction of sp³-hybridized carbons (Fsp3) is 0.824. The molecule has 1 aliphatic rings. The average molecular weight is 320 g/mol. The lowest BCUT2D eigenvalue weighted by atomic mass is 9.83. The standard InChI is InChI=1S/C17H32N6/c1-3-6-15-7-9-16(10-8-15)22-17(18-2)19-11-4-5-12-23-13-20-21-14-23/h13-16H,3-12H2,1-2H3,(H2,18,19,22). The number of hydrogen-bond donors (Lipinski definition) is 2. The Balaban J connectivity index is 1.56. The summed E-state index contributed by atoms with van der Waals surface area (Å²) in [7, 11) is 1.86. The lowest BCUT2D eigenvalue weighted by molar-refractivity contribution is 0.295. The maximum Gasteiger partial charge on any atom is 0.191 e. The number of nitrogens with one attached hydrogen (secondary N) is 2. The van der Waals surface area contributed by atoms with E-state index in [0.717, 1.165) is 37.8 Å². The molecule has 0 atom stereocenters. The second-order valence-corrected chi connectivity index (χ2v) is 6.56. The van der Waals surface area contributed by atoms with Gasteiger partial charge in [-0.1, -0.05) is 19.8 Å². The lowest BCUT2D eigenvalue weighted by Gasteiger charge is -2.30. The first-order valence-electron chi connectivity index (χ1n) is 9.11. The van der Waals surface area contributed by atoms with Gasteiger partial charge in [-0.25, -0.2) is 0 Å². The first-order chi connectivity index (χ1) is 11.3. The summed E-state index contributed by atoms with van der Waals surface area (Å²) in [5.74, 6) is 1.90. The number of hydrogen-bond acceptors (Lipinski definition) is 3. The van der Waals surface area contributed by atoms with E-state index in [1.807, 2.05) is 11.6 Å². The van der Waals surface area contributed by atoms with E-state index in [9.17, 15) is 0 Å². The number of guanidine groups is 1. The number of nitrogens with zero attached hydrogens (tertiary/aromatic N) is 4. The second kappa shape index (κ2) is 10.2. The molecule has 2 N–H and O–H groups in total. The van der Waals surface area contributed by atoms with Gasteiger partial charge in [-0.3, -0.25) is 4.99 Å². The van der Waals surface area contributed by atoms with Gasteiger partial charge in [0.1, 0.15) is 12.7 Å². The summed E-state index contributed by atoms with van der Waals surface area (Å²) in [5.41, 5.74) is 0. The van der Waals surface area contributed by atoms with Crippen molar-refractivity contribution in [1.82, 2.24) is 25.4 Å². The third kappa shape index (κ3) is 6.59. The summed E-state index contributed by atoms with van der Waals surface area (Å²) in [5, 5.41) is 14.6. The first kappa shape index (κ1) is 17.8. The minimum Gasteiger partial charge on any atom is -0.356 e. The number of aliphatic imine (C=N–C) groups is 1. The summed E-state index contributed by atoms with van der Waals surface area (Å²) in [6.45, 7) is 4.22. The molecular weight excluding hydrogens is 288 g/mol. The number of unbranched alkanes of at least 4 members (excludes halogenated alkanes) is 1. The SMILES string of the molecule is CCCC1CCC(NC(=NC)NCCCCn2cnnc2)CC1. The Morgan fingerprint density at radius 1 is 1.17 bits per heavy atom. The molecular formula is C17H32N6. The van der Waals surface area contributed by atoms with Gasteiger partial charge in [0.05, 0.1) is 0 Å². The third-order valence-corrected chi connectivity index (χ3v) is 4.71. The molecule has 130 valence electrons. The molecule has 1 fully saturated rings. The topological polar surface area (TPSA) is 67.1 Å². The fourth-order valence-corrected chi connectivity index (χ4v) is 3.36. The fourth-order valence-electron chi connectivity index (χ4n) is 3.36. The Kier molecular flexibility index (Phi) is 7.90. The van der Waals surface area contributed by atoms with Crippen LogP contribution in [0.1, 0.15) is 58.3 Å². The van der Waals surface area contributed by atoms with Crippen LogP contribution in [0.5, 0.6) is 0 Å². The molecule has 1 heterocycles. The van der Waals surface area contributed by atoms with Gasteiger partial charge in [0, 0.05) is 26.2 Å². The van der Waals surface area contributed by atoms with Crippen LogP contribution in [0.4, 0.5) is 0 Å². The minimum atomic E-state index is 0.589. The van der Waals surface area contributed by atoms with E-state index in [0.29, 0.717) is 6.04 Å². The van der Waals surface area contributed by atoms with Gasteiger partial charge in [0.2, 0.25) is 0 Å². The van der Waals surface area contributed by atoms with Crippen molar-refractivity contribution in [3.8, 4) is 0 Å². The monoisotopic (exact) mass is 320 g/mol. The molecule has 0 saturated heterocycles. The van der Waals surface area contributed by atoms with Crippen molar-refractivity contribution in [1.29, 1.82) is 0 Å². The van der Waals surface area contributed by atoms with Crippen molar-refractivity contribution in [3.63, 3.8) is 0 Å². The van der Waals surface area contributed by atoms with Crippen molar-refractivity contribution < 1.29 is 0 Å². The molecule has 0 bridgehead atoms. The Labute approximate surface area is 140 Å². The van der Waals surface area contributed by atoms with Crippen LogP contribution in [-0.4, -0.2) is 40.4 Å². The van der Waals surface area contributed by atoms with Crippen molar-refractivity contribution >= 4 is 5.96 Å². The van der Waals surface area contributed by atoms with Crippen LogP contribution in [0.15, 0.2) is 17.6 Å². The van der Waals surface area contributed by atoms with Crippen molar-refractivity contribution in [3.05, 3.63) is 12.7 Å². The Hall–Kier alpha value is -1.59.